The molecule has 0 N–H and O–H groups in total. The normalized spacial score (nSPS) is 14.0. The van der Waals surface area contributed by atoms with E-state index in [9.17, 15) is 9.18 Å². The predicted molar refractivity (Wildman–Crippen MR) is 133 cm³/mol. The van der Waals surface area contributed by atoms with E-state index in [-0.39, 0.29) is 11.7 Å². The molecule has 1 fully saturated rings. The highest BCUT2D eigenvalue weighted by molar-refractivity contribution is 7.98. The maximum atomic E-state index is 13.3. The number of carbonyl (C=O) groups is 1. The minimum atomic E-state index is -0.238. The van der Waals surface area contributed by atoms with Crippen LogP contribution in [0.1, 0.15) is 27.0 Å². The minimum Gasteiger partial charge on any atom is -0.378 e. The standard InChI is InChI=1S/C27H26FN3O2S/c1-19-3-2-4-21(15-19)17-31-25-16-22(26(32)30-11-13-33-14-12-30)7-10-24(25)29-27(31)34-18-20-5-8-23(28)9-6-20/h2-10,15-16H,11-14,17-18H2,1H3. The number of hydrogen-bond donors (Lipinski definition) is 0. The number of carbonyl (C=O) groups excluding carboxylic acids is 1. The van der Waals surface area contributed by atoms with Crippen LogP contribution in [-0.4, -0.2) is 46.7 Å². The minimum absolute atomic E-state index is 0.0222. The van der Waals surface area contributed by atoms with Gasteiger partial charge in [0.2, 0.25) is 0 Å². The maximum absolute atomic E-state index is 13.3. The molecule has 0 saturated carbocycles. The van der Waals surface area contributed by atoms with Crippen molar-refractivity contribution in [1.82, 2.24) is 14.5 Å². The van der Waals surface area contributed by atoms with Crippen LogP contribution in [0.3, 0.4) is 0 Å². The molecule has 0 aliphatic carbocycles. The molecule has 7 heteroatoms. The van der Waals surface area contributed by atoms with Crippen molar-refractivity contribution in [2.24, 2.45) is 0 Å². The molecular weight excluding hydrogens is 449 g/mol. The number of imidazole rings is 1. The number of benzene rings is 3. The maximum Gasteiger partial charge on any atom is 0.254 e. The molecule has 5 rings (SSSR count). The summed E-state index contributed by atoms with van der Waals surface area (Å²) < 4.78 is 20.9. The Balaban J connectivity index is 1.50. The summed E-state index contributed by atoms with van der Waals surface area (Å²) >= 11 is 1.62. The zero-order valence-corrected chi connectivity index (χ0v) is 19.9. The first kappa shape index (κ1) is 22.6. The molecule has 0 spiro atoms. The average Bonchev–Trinajstić information content (AvgIpc) is 3.20. The molecule has 5 nitrogen and oxygen atoms in total. The summed E-state index contributed by atoms with van der Waals surface area (Å²) in [5.74, 6) is 0.462. The first-order chi connectivity index (χ1) is 16.6. The third-order valence-corrected chi connectivity index (χ3v) is 7.01. The van der Waals surface area contributed by atoms with E-state index in [1.807, 2.05) is 23.1 Å². The van der Waals surface area contributed by atoms with Gasteiger partial charge in [0.25, 0.3) is 5.91 Å². The van der Waals surface area contributed by atoms with Crippen molar-refractivity contribution in [2.75, 3.05) is 26.3 Å². The largest absolute Gasteiger partial charge is 0.378 e. The lowest BCUT2D eigenvalue weighted by atomic mass is 10.1. The fourth-order valence-corrected chi connectivity index (χ4v) is 5.14. The van der Waals surface area contributed by atoms with Crippen LogP contribution in [0, 0.1) is 12.7 Å². The molecule has 0 atom stereocenters. The Morgan fingerprint density at radius 1 is 1.03 bits per heavy atom. The second-order valence-electron chi connectivity index (χ2n) is 8.49. The van der Waals surface area contributed by atoms with Crippen LogP contribution in [0.15, 0.2) is 71.9 Å². The number of amides is 1. The molecule has 0 radical (unpaired) electrons. The van der Waals surface area contributed by atoms with Crippen molar-refractivity contribution >= 4 is 28.7 Å². The van der Waals surface area contributed by atoms with Crippen LogP contribution >= 0.6 is 11.8 Å². The molecular formula is C27H26FN3O2S. The number of nitrogens with zero attached hydrogens (tertiary/aromatic N) is 3. The molecule has 3 aromatic carbocycles. The Hall–Kier alpha value is -3.16. The highest BCUT2D eigenvalue weighted by Crippen LogP contribution is 2.29. The average molecular weight is 476 g/mol. The van der Waals surface area contributed by atoms with Crippen molar-refractivity contribution < 1.29 is 13.9 Å². The van der Waals surface area contributed by atoms with Gasteiger partial charge >= 0.3 is 0 Å². The van der Waals surface area contributed by atoms with Gasteiger partial charge in [0.05, 0.1) is 30.8 Å². The van der Waals surface area contributed by atoms with E-state index in [4.69, 9.17) is 9.72 Å². The summed E-state index contributed by atoms with van der Waals surface area (Å²) in [5, 5.41) is 0.872. The highest BCUT2D eigenvalue weighted by Gasteiger charge is 2.20. The van der Waals surface area contributed by atoms with Crippen molar-refractivity contribution in [2.45, 2.75) is 24.4 Å². The fraction of sp³-hybridized carbons (Fsp3) is 0.259. The van der Waals surface area contributed by atoms with Gasteiger partial charge in [-0.3, -0.25) is 4.79 Å². The molecule has 1 aromatic heterocycles. The van der Waals surface area contributed by atoms with Gasteiger partial charge in [-0.15, -0.1) is 0 Å². The quantitative estimate of drug-likeness (QED) is 0.355. The molecule has 1 aliphatic rings. The van der Waals surface area contributed by atoms with Crippen molar-refractivity contribution in [3.8, 4) is 0 Å². The highest BCUT2D eigenvalue weighted by atomic mass is 32.2. The Morgan fingerprint density at radius 2 is 1.82 bits per heavy atom. The molecule has 1 aliphatic heterocycles. The van der Waals surface area contributed by atoms with Crippen molar-refractivity contribution in [3.05, 3.63) is 94.8 Å². The van der Waals surface area contributed by atoms with E-state index in [0.717, 1.165) is 21.8 Å². The Kier molecular flexibility index (Phi) is 6.65. The number of morpholine rings is 1. The summed E-state index contributed by atoms with van der Waals surface area (Å²) in [4.78, 5) is 19.8. The summed E-state index contributed by atoms with van der Waals surface area (Å²) in [6.07, 6.45) is 0. The van der Waals surface area contributed by atoms with Crippen LogP contribution in [0.5, 0.6) is 0 Å². The number of thioether (sulfide) groups is 1. The van der Waals surface area contributed by atoms with Gasteiger partial charge in [-0.25, -0.2) is 9.37 Å². The number of aryl methyl sites for hydroxylation is 1. The summed E-state index contributed by atoms with van der Waals surface area (Å²) in [6.45, 7) is 5.10. The summed E-state index contributed by atoms with van der Waals surface area (Å²) in [6, 6.07) is 20.7. The fourth-order valence-electron chi connectivity index (χ4n) is 4.17. The van der Waals surface area contributed by atoms with Crippen molar-refractivity contribution in [3.63, 3.8) is 0 Å². The lowest BCUT2D eigenvalue weighted by Gasteiger charge is -2.26. The van der Waals surface area contributed by atoms with Crippen molar-refractivity contribution in [1.29, 1.82) is 0 Å². The zero-order chi connectivity index (χ0) is 23.5. The first-order valence-electron chi connectivity index (χ1n) is 11.4. The Morgan fingerprint density at radius 3 is 2.59 bits per heavy atom. The van der Waals surface area contributed by atoms with Crippen LogP contribution in [0.4, 0.5) is 4.39 Å². The number of ether oxygens (including phenoxy) is 1. The second kappa shape index (κ2) is 9.99. The molecule has 1 amide bonds. The SMILES string of the molecule is Cc1cccc(Cn2c(SCc3ccc(F)cc3)nc3ccc(C(=O)N4CCOCC4)cc32)c1. The van der Waals surface area contributed by atoms with E-state index < -0.39 is 0 Å². The first-order valence-corrected chi connectivity index (χ1v) is 12.4. The number of aromatic nitrogens is 2. The van der Waals surface area contributed by atoms with Gasteiger partial charge in [0, 0.05) is 24.4 Å². The molecule has 4 aromatic rings. The molecule has 2 heterocycles. The zero-order valence-electron chi connectivity index (χ0n) is 19.0. The predicted octanol–water partition coefficient (Wildman–Crippen LogP) is 5.30. The van der Waals surface area contributed by atoms with Crippen LogP contribution in [0.25, 0.3) is 11.0 Å². The van der Waals surface area contributed by atoms with E-state index in [1.54, 1.807) is 23.9 Å². The van der Waals surface area contributed by atoms with Gasteiger partial charge in [-0.1, -0.05) is 53.7 Å². The van der Waals surface area contributed by atoms with E-state index in [0.29, 0.717) is 44.2 Å². The molecule has 174 valence electrons. The van der Waals surface area contributed by atoms with Gasteiger partial charge in [-0.05, 0) is 48.4 Å². The Bertz CT molecular complexity index is 1310. The van der Waals surface area contributed by atoms with Gasteiger partial charge in [0.15, 0.2) is 5.16 Å². The molecule has 1 saturated heterocycles. The summed E-state index contributed by atoms with van der Waals surface area (Å²) in [5.41, 5.74) is 5.85. The number of rotatable bonds is 6. The number of halogens is 1. The number of fused-ring (bicyclic) bond motifs is 1. The van der Waals surface area contributed by atoms with Gasteiger partial charge in [-0.2, -0.15) is 0 Å². The smallest absolute Gasteiger partial charge is 0.254 e. The van der Waals surface area contributed by atoms with E-state index >= 15 is 0 Å². The summed E-state index contributed by atoms with van der Waals surface area (Å²) in [7, 11) is 0. The van der Waals surface area contributed by atoms with Gasteiger partial charge in [0.1, 0.15) is 5.82 Å². The second-order valence-corrected chi connectivity index (χ2v) is 9.44. The monoisotopic (exact) mass is 475 g/mol. The molecule has 34 heavy (non-hydrogen) atoms. The van der Waals surface area contributed by atoms with Gasteiger partial charge < -0.3 is 14.2 Å². The third-order valence-electron chi connectivity index (χ3n) is 5.96. The van der Waals surface area contributed by atoms with Crippen LogP contribution in [0.2, 0.25) is 0 Å². The Labute approximate surface area is 202 Å². The van der Waals surface area contributed by atoms with E-state index in [2.05, 4.69) is 35.8 Å². The lowest BCUT2D eigenvalue weighted by Crippen LogP contribution is -2.40. The van der Waals surface area contributed by atoms with Crippen LogP contribution in [-0.2, 0) is 17.0 Å². The lowest BCUT2D eigenvalue weighted by molar-refractivity contribution is 0.0303. The molecule has 0 unspecified atom stereocenters. The van der Waals surface area contributed by atoms with Crippen LogP contribution < -0.4 is 0 Å². The topological polar surface area (TPSA) is 47.4 Å². The number of hydrogen-bond acceptors (Lipinski definition) is 4. The third kappa shape index (κ3) is 5.00. The molecule has 0 bridgehead atoms. The van der Waals surface area contributed by atoms with E-state index in [1.165, 1.54) is 23.3 Å².